The highest BCUT2D eigenvalue weighted by Crippen LogP contribution is 2.15. The van der Waals surface area contributed by atoms with Crippen molar-refractivity contribution < 1.29 is 14.3 Å². The minimum atomic E-state index is -0.270. The summed E-state index contributed by atoms with van der Waals surface area (Å²) in [7, 11) is 1.59. The molecular weight excluding hydrogens is 372 g/mol. The lowest BCUT2D eigenvalue weighted by molar-refractivity contribution is -0.605. The number of hydrogen-bond donors (Lipinski definition) is 4. The van der Waals surface area contributed by atoms with Crippen molar-refractivity contribution in [2.45, 2.75) is 32.7 Å². The van der Waals surface area contributed by atoms with Crippen molar-refractivity contribution in [3.05, 3.63) is 58.7 Å². The van der Waals surface area contributed by atoms with Crippen LogP contribution in [0.25, 0.3) is 0 Å². The lowest BCUT2D eigenvalue weighted by Gasteiger charge is -2.11. The zero-order chi connectivity index (χ0) is 21.1. The van der Waals surface area contributed by atoms with Gasteiger partial charge in [0.05, 0.1) is 12.1 Å². The van der Waals surface area contributed by atoms with Crippen molar-refractivity contribution in [2.24, 2.45) is 0 Å². The fourth-order valence-corrected chi connectivity index (χ4v) is 2.74. The van der Waals surface area contributed by atoms with Crippen LogP contribution in [-0.2, 0) is 13.0 Å². The van der Waals surface area contributed by atoms with Gasteiger partial charge in [-0.15, -0.1) is 0 Å². The third-order valence-electron chi connectivity index (χ3n) is 4.20. The third kappa shape index (κ3) is 7.28. The summed E-state index contributed by atoms with van der Waals surface area (Å²) in [4.78, 5) is 28.2. The van der Waals surface area contributed by atoms with Gasteiger partial charge in [0.25, 0.3) is 5.91 Å². The van der Waals surface area contributed by atoms with Crippen LogP contribution < -0.4 is 26.0 Å². The number of unbranched alkanes of at least 4 members (excludes halogenated alkanes) is 1. The summed E-state index contributed by atoms with van der Waals surface area (Å²) in [5.41, 5.74) is 2.16. The second kappa shape index (κ2) is 11.5. The van der Waals surface area contributed by atoms with Crippen molar-refractivity contribution in [3.63, 3.8) is 0 Å². The van der Waals surface area contributed by atoms with Gasteiger partial charge in [0.15, 0.2) is 12.4 Å². The summed E-state index contributed by atoms with van der Waals surface area (Å²) in [6, 6.07) is 6.78. The van der Waals surface area contributed by atoms with E-state index in [9.17, 15) is 14.8 Å². The van der Waals surface area contributed by atoms with Crippen LogP contribution in [0, 0.1) is 5.21 Å². The predicted octanol–water partition coefficient (Wildman–Crippen LogP) is 1.33. The van der Waals surface area contributed by atoms with Crippen LogP contribution in [-0.4, -0.2) is 37.1 Å². The highest BCUT2D eigenvalue weighted by Gasteiger charge is 2.11. The Morgan fingerprint density at radius 3 is 2.72 bits per heavy atom. The average Bonchev–Trinajstić information content (AvgIpc) is 2.72. The van der Waals surface area contributed by atoms with Crippen LogP contribution in [0.4, 0.5) is 10.6 Å². The first-order valence-corrected chi connectivity index (χ1v) is 9.68. The molecule has 3 amide bonds. The van der Waals surface area contributed by atoms with Gasteiger partial charge in [0, 0.05) is 37.5 Å². The van der Waals surface area contributed by atoms with Crippen LogP contribution >= 0.6 is 0 Å². The summed E-state index contributed by atoms with van der Waals surface area (Å²) in [5.74, 6) is 0.415. The molecule has 0 aromatic carbocycles. The highest BCUT2D eigenvalue weighted by atomic mass is 16.5. The van der Waals surface area contributed by atoms with Crippen molar-refractivity contribution in [1.29, 1.82) is 0 Å². The molecule has 0 unspecified atom stereocenters. The first kappa shape index (κ1) is 21.9. The van der Waals surface area contributed by atoms with Crippen molar-refractivity contribution in [2.75, 3.05) is 25.5 Å². The van der Waals surface area contributed by atoms with E-state index in [1.165, 1.54) is 12.4 Å². The van der Waals surface area contributed by atoms with Gasteiger partial charge in [0.2, 0.25) is 0 Å². The Morgan fingerprint density at radius 1 is 1.17 bits per heavy atom. The summed E-state index contributed by atoms with van der Waals surface area (Å²) >= 11 is 0. The smallest absolute Gasteiger partial charge is 0.315 e. The molecule has 29 heavy (non-hydrogen) atoms. The minimum Gasteiger partial charge on any atom is -0.619 e. The summed E-state index contributed by atoms with van der Waals surface area (Å²) in [6.45, 7) is 3.47. The maximum Gasteiger partial charge on any atom is 0.315 e. The second-order valence-corrected chi connectivity index (χ2v) is 6.45. The topological polar surface area (TPSA) is 122 Å². The molecule has 2 rings (SSSR count). The number of nitrogens with zero attached hydrogens (tertiary/aromatic N) is 2. The van der Waals surface area contributed by atoms with Gasteiger partial charge < -0.3 is 26.5 Å². The number of anilines is 1. The SMILES string of the molecule is CCNc1nc(CCCCNC(=O)NCc2ccc[n+]([O-])c2)ccc1C(=O)NC. The quantitative estimate of drug-likeness (QED) is 0.272. The lowest BCUT2D eigenvalue weighted by Crippen LogP contribution is -2.36. The molecule has 0 aliphatic rings. The lowest BCUT2D eigenvalue weighted by atomic mass is 10.1. The number of rotatable bonds is 10. The number of urea groups is 1. The summed E-state index contributed by atoms with van der Waals surface area (Å²) in [5, 5.41) is 22.4. The third-order valence-corrected chi connectivity index (χ3v) is 4.20. The van der Waals surface area contributed by atoms with E-state index in [1.807, 2.05) is 13.0 Å². The molecule has 2 heterocycles. The molecule has 0 aliphatic heterocycles. The highest BCUT2D eigenvalue weighted by molar-refractivity contribution is 5.98. The van der Waals surface area contributed by atoms with E-state index in [-0.39, 0.29) is 11.9 Å². The number of carbonyl (C=O) groups is 2. The van der Waals surface area contributed by atoms with E-state index in [0.717, 1.165) is 30.5 Å². The summed E-state index contributed by atoms with van der Waals surface area (Å²) in [6.07, 6.45) is 5.22. The Labute approximate surface area is 170 Å². The van der Waals surface area contributed by atoms with E-state index in [0.29, 0.717) is 35.7 Å². The molecule has 4 N–H and O–H groups in total. The Balaban J connectivity index is 1.71. The van der Waals surface area contributed by atoms with Crippen LogP contribution in [0.15, 0.2) is 36.7 Å². The van der Waals surface area contributed by atoms with Crippen LogP contribution in [0.2, 0.25) is 0 Å². The fourth-order valence-electron chi connectivity index (χ4n) is 2.74. The Hall–Kier alpha value is -3.36. The fraction of sp³-hybridized carbons (Fsp3) is 0.400. The maximum absolute atomic E-state index is 11.9. The molecule has 0 atom stereocenters. The number of hydrogen-bond acceptors (Lipinski definition) is 5. The normalized spacial score (nSPS) is 10.3. The first-order chi connectivity index (χ1) is 14.0. The number of amides is 3. The van der Waals surface area contributed by atoms with Gasteiger partial charge in [0.1, 0.15) is 5.82 Å². The Bertz CT molecular complexity index is 828. The van der Waals surface area contributed by atoms with Gasteiger partial charge in [-0.2, -0.15) is 4.73 Å². The van der Waals surface area contributed by atoms with E-state index >= 15 is 0 Å². The molecule has 2 aromatic heterocycles. The number of pyridine rings is 2. The molecule has 156 valence electrons. The number of aromatic nitrogens is 2. The molecule has 0 spiro atoms. The van der Waals surface area contributed by atoms with E-state index in [2.05, 4.69) is 26.3 Å². The zero-order valence-electron chi connectivity index (χ0n) is 16.8. The van der Waals surface area contributed by atoms with Crippen molar-refractivity contribution in [3.8, 4) is 0 Å². The molecular formula is C20H28N6O3. The Kier molecular flexibility index (Phi) is 8.68. The van der Waals surface area contributed by atoms with E-state index in [1.54, 1.807) is 25.2 Å². The molecule has 9 nitrogen and oxygen atoms in total. The van der Waals surface area contributed by atoms with Gasteiger partial charge in [-0.05, 0) is 44.4 Å². The monoisotopic (exact) mass is 400 g/mol. The van der Waals surface area contributed by atoms with Gasteiger partial charge >= 0.3 is 6.03 Å². The molecule has 0 saturated heterocycles. The zero-order valence-corrected chi connectivity index (χ0v) is 16.8. The molecule has 0 saturated carbocycles. The van der Waals surface area contributed by atoms with Crippen LogP contribution in [0.5, 0.6) is 0 Å². The number of carbonyl (C=O) groups excluding carboxylic acids is 2. The number of aryl methyl sites for hydroxylation is 1. The van der Waals surface area contributed by atoms with Crippen molar-refractivity contribution in [1.82, 2.24) is 20.9 Å². The van der Waals surface area contributed by atoms with E-state index in [4.69, 9.17) is 0 Å². The van der Waals surface area contributed by atoms with Gasteiger partial charge in [-0.1, -0.05) is 0 Å². The van der Waals surface area contributed by atoms with Gasteiger partial charge in [-0.3, -0.25) is 4.79 Å². The molecule has 0 bridgehead atoms. The maximum atomic E-state index is 11.9. The minimum absolute atomic E-state index is 0.171. The van der Waals surface area contributed by atoms with Crippen LogP contribution in [0.1, 0.15) is 41.4 Å². The van der Waals surface area contributed by atoms with Crippen molar-refractivity contribution >= 4 is 17.8 Å². The van der Waals surface area contributed by atoms with Crippen LogP contribution in [0.3, 0.4) is 0 Å². The largest absolute Gasteiger partial charge is 0.619 e. The molecule has 0 fully saturated rings. The standard InChI is InChI=1S/C20H28N6O3/c1-3-22-18-17(19(27)21-2)10-9-16(25-18)8-4-5-11-23-20(28)24-13-15-7-6-12-26(29)14-15/h6-7,9-10,12,14H,3-5,8,11,13H2,1-2H3,(H,21,27)(H,22,25)(H2,23,24,28). The van der Waals surface area contributed by atoms with Gasteiger partial charge in [-0.25, -0.2) is 9.78 Å². The number of nitrogens with one attached hydrogen (secondary N) is 4. The average molecular weight is 400 g/mol. The van der Waals surface area contributed by atoms with E-state index < -0.39 is 0 Å². The second-order valence-electron chi connectivity index (χ2n) is 6.45. The first-order valence-electron chi connectivity index (χ1n) is 9.68. The molecule has 0 aliphatic carbocycles. The molecule has 0 radical (unpaired) electrons. The Morgan fingerprint density at radius 2 is 2.00 bits per heavy atom. The molecule has 9 heteroatoms. The predicted molar refractivity (Wildman–Crippen MR) is 110 cm³/mol. The summed E-state index contributed by atoms with van der Waals surface area (Å²) < 4.78 is 0.700. The molecule has 2 aromatic rings.